The normalized spacial score (nSPS) is 46.6. The second-order valence-electron chi connectivity index (χ2n) is 4.61. The molecule has 0 saturated heterocycles. The summed E-state index contributed by atoms with van der Waals surface area (Å²) in [7, 11) is 0. The van der Waals surface area contributed by atoms with Crippen LogP contribution in [-0.2, 0) is 0 Å². The van der Waals surface area contributed by atoms with Crippen molar-refractivity contribution < 1.29 is 0 Å². The third-order valence-electron chi connectivity index (χ3n) is 4.13. The fourth-order valence-electron chi connectivity index (χ4n) is 2.47. The SMILES string of the molecule is CC1CC(C)(C(C)CN)C1C. The standard InChI is InChI=1S/C10H21N/c1-7-5-10(4,9(7)3)8(2)6-11/h7-9H,5-6,11H2,1-4H3. The van der Waals surface area contributed by atoms with E-state index in [1.807, 2.05) is 0 Å². The van der Waals surface area contributed by atoms with Gasteiger partial charge in [0.2, 0.25) is 0 Å². The Bertz CT molecular complexity index is 138. The highest BCUT2D eigenvalue weighted by atomic mass is 14.6. The topological polar surface area (TPSA) is 26.0 Å². The van der Waals surface area contributed by atoms with Gasteiger partial charge < -0.3 is 5.73 Å². The first-order chi connectivity index (χ1) is 5.02. The van der Waals surface area contributed by atoms with Gasteiger partial charge >= 0.3 is 0 Å². The maximum Gasteiger partial charge on any atom is -0.00462 e. The first-order valence-corrected chi connectivity index (χ1v) is 4.72. The number of rotatable bonds is 2. The molecule has 1 aliphatic rings. The molecule has 0 amide bonds. The van der Waals surface area contributed by atoms with Crippen LogP contribution < -0.4 is 5.73 Å². The molecular weight excluding hydrogens is 134 g/mol. The van der Waals surface area contributed by atoms with Crippen LogP contribution in [-0.4, -0.2) is 6.54 Å². The molecule has 1 nitrogen and oxygen atoms in total. The first kappa shape index (κ1) is 9.05. The Hall–Kier alpha value is -0.0400. The molecule has 0 aliphatic heterocycles. The molecule has 0 aromatic carbocycles. The predicted molar refractivity (Wildman–Crippen MR) is 49.3 cm³/mol. The lowest BCUT2D eigenvalue weighted by molar-refractivity contribution is -0.0476. The van der Waals surface area contributed by atoms with Gasteiger partial charge in [-0.2, -0.15) is 0 Å². The molecule has 0 radical (unpaired) electrons. The van der Waals surface area contributed by atoms with Crippen molar-refractivity contribution in [3.8, 4) is 0 Å². The van der Waals surface area contributed by atoms with Crippen LogP contribution in [0.4, 0.5) is 0 Å². The molecule has 1 heteroatoms. The van der Waals surface area contributed by atoms with Gasteiger partial charge in [-0.1, -0.05) is 27.7 Å². The van der Waals surface area contributed by atoms with Crippen molar-refractivity contribution in [2.45, 2.75) is 34.1 Å². The molecule has 0 aromatic heterocycles. The lowest BCUT2D eigenvalue weighted by Crippen LogP contribution is -2.49. The van der Waals surface area contributed by atoms with Gasteiger partial charge in [-0.15, -0.1) is 0 Å². The van der Waals surface area contributed by atoms with Crippen molar-refractivity contribution in [3.63, 3.8) is 0 Å². The van der Waals surface area contributed by atoms with Crippen molar-refractivity contribution in [2.24, 2.45) is 28.9 Å². The summed E-state index contributed by atoms with van der Waals surface area (Å²) in [6, 6.07) is 0. The van der Waals surface area contributed by atoms with E-state index in [0.717, 1.165) is 18.4 Å². The average molecular weight is 155 g/mol. The second kappa shape index (κ2) is 2.78. The molecule has 4 atom stereocenters. The minimum absolute atomic E-state index is 0.536. The van der Waals surface area contributed by atoms with E-state index in [1.54, 1.807) is 0 Å². The van der Waals surface area contributed by atoms with Gasteiger partial charge in [0, 0.05) is 0 Å². The Kier molecular flexibility index (Phi) is 2.29. The minimum atomic E-state index is 0.536. The maximum atomic E-state index is 5.68. The van der Waals surface area contributed by atoms with Crippen LogP contribution in [0.1, 0.15) is 34.1 Å². The van der Waals surface area contributed by atoms with Gasteiger partial charge in [-0.05, 0) is 36.1 Å². The highest BCUT2D eigenvalue weighted by Crippen LogP contribution is 2.54. The molecule has 2 N–H and O–H groups in total. The van der Waals surface area contributed by atoms with Crippen molar-refractivity contribution >= 4 is 0 Å². The zero-order valence-electron chi connectivity index (χ0n) is 8.22. The van der Waals surface area contributed by atoms with Crippen LogP contribution in [0.2, 0.25) is 0 Å². The summed E-state index contributed by atoms with van der Waals surface area (Å²) in [6.45, 7) is 10.2. The Labute approximate surface area is 70.4 Å². The van der Waals surface area contributed by atoms with Crippen LogP contribution in [0.5, 0.6) is 0 Å². The van der Waals surface area contributed by atoms with E-state index in [4.69, 9.17) is 5.73 Å². The summed E-state index contributed by atoms with van der Waals surface area (Å²) in [6.07, 6.45) is 1.37. The lowest BCUT2D eigenvalue weighted by atomic mass is 9.51. The summed E-state index contributed by atoms with van der Waals surface area (Å²) >= 11 is 0. The number of hydrogen-bond donors (Lipinski definition) is 1. The van der Waals surface area contributed by atoms with E-state index in [0.29, 0.717) is 11.3 Å². The number of hydrogen-bond acceptors (Lipinski definition) is 1. The fraction of sp³-hybridized carbons (Fsp3) is 1.00. The van der Waals surface area contributed by atoms with Gasteiger partial charge in [0.1, 0.15) is 0 Å². The van der Waals surface area contributed by atoms with Crippen LogP contribution in [0.3, 0.4) is 0 Å². The molecule has 66 valence electrons. The third-order valence-corrected chi connectivity index (χ3v) is 4.13. The van der Waals surface area contributed by atoms with Crippen molar-refractivity contribution in [1.29, 1.82) is 0 Å². The van der Waals surface area contributed by atoms with Gasteiger partial charge in [0.15, 0.2) is 0 Å². The van der Waals surface area contributed by atoms with E-state index in [1.165, 1.54) is 6.42 Å². The van der Waals surface area contributed by atoms with Crippen LogP contribution >= 0.6 is 0 Å². The van der Waals surface area contributed by atoms with E-state index < -0.39 is 0 Å². The Morgan fingerprint density at radius 1 is 1.55 bits per heavy atom. The zero-order chi connectivity index (χ0) is 8.65. The second-order valence-corrected chi connectivity index (χ2v) is 4.61. The van der Waals surface area contributed by atoms with Crippen LogP contribution in [0.25, 0.3) is 0 Å². The van der Waals surface area contributed by atoms with E-state index in [9.17, 15) is 0 Å². The predicted octanol–water partition coefficient (Wildman–Crippen LogP) is 2.26. The van der Waals surface area contributed by atoms with Gasteiger partial charge in [0.25, 0.3) is 0 Å². The van der Waals surface area contributed by atoms with Crippen LogP contribution in [0.15, 0.2) is 0 Å². The Balaban J connectivity index is 2.56. The summed E-state index contributed by atoms with van der Waals surface area (Å²) in [4.78, 5) is 0. The Morgan fingerprint density at radius 3 is 2.36 bits per heavy atom. The van der Waals surface area contributed by atoms with Gasteiger partial charge in [-0.3, -0.25) is 0 Å². The molecule has 0 spiro atoms. The molecule has 0 bridgehead atoms. The van der Waals surface area contributed by atoms with E-state index >= 15 is 0 Å². The quantitative estimate of drug-likeness (QED) is 0.650. The highest BCUT2D eigenvalue weighted by molar-refractivity contribution is 4.97. The molecule has 1 aliphatic carbocycles. The largest absolute Gasteiger partial charge is 0.330 e. The molecule has 0 aromatic rings. The van der Waals surface area contributed by atoms with Crippen molar-refractivity contribution in [2.75, 3.05) is 6.54 Å². The first-order valence-electron chi connectivity index (χ1n) is 4.72. The smallest absolute Gasteiger partial charge is 0.00462 e. The number of nitrogens with two attached hydrogens (primary N) is 1. The summed E-state index contributed by atoms with van der Waals surface area (Å²) in [5.74, 6) is 2.46. The molecule has 11 heavy (non-hydrogen) atoms. The van der Waals surface area contributed by atoms with Crippen molar-refractivity contribution in [1.82, 2.24) is 0 Å². The summed E-state index contributed by atoms with van der Waals surface area (Å²) in [5.41, 5.74) is 6.21. The highest BCUT2D eigenvalue weighted by Gasteiger charge is 2.47. The molecular formula is C10H21N. The van der Waals surface area contributed by atoms with Gasteiger partial charge in [-0.25, -0.2) is 0 Å². The molecule has 0 heterocycles. The summed E-state index contributed by atoms with van der Waals surface area (Å²) < 4.78 is 0. The molecule has 1 rings (SSSR count). The lowest BCUT2D eigenvalue weighted by Gasteiger charge is -2.54. The van der Waals surface area contributed by atoms with Gasteiger partial charge in [0.05, 0.1) is 0 Å². The molecule has 1 saturated carbocycles. The monoisotopic (exact) mass is 155 g/mol. The fourth-order valence-corrected chi connectivity index (χ4v) is 2.47. The van der Waals surface area contributed by atoms with Crippen molar-refractivity contribution in [3.05, 3.63) is 0 Å². The average Bonchev–Trinajstić information content (AvgIpc) is 2.02. The van der Waals surface area contributed by atoms with E-state index in [2.05, 4.69) is 27.7 Å². The molecule has 4 unspecified atom stereocenters. The minimum Gasteiger partial charge on any atom is -0.330 e. The maximum absolute atomic E-state index is 5.68. The molecule has 1 fully saturated rings. The third kappa shape index (κ3) is 1.20. The van der Waals surface area contributed by atoms with Crippen LogP contribution in [0, 0.1) is 23.2 Å². The van der Waals surface area contributed by atoms with E-state index in [-0.39, 0.29) is 0 Å². The zero-order valence-corrected chi connectivity index (χ0v) is 8.22. The Morgan fingerprint density at radius 2 is 2.09 bits per heavy atom. The summed E-state index contributed by atoms with van der Waals surface area (Å²) in [5, 5.41) is 0.